The maximum atomic E-state index is 11.8. The lowest BCUT2D eigenvalue weighted by atomic mass is 10.0. The van der Waals surface area contributed by atoms with Crippen LogP contribution in [-0.2, 0) is 19.1 Å². The molecule has 1 amide bonds. The lowest BCUT2D eigenvalue weighted by molar-refractivity contribution is -0.148. The van der Waals surface area contributed by atoms with E-state index in [2.05, 4.69) is 5.32 Å². The summed E-state index contributed by atoms with van der Waals surface area (Å²) < 4.78 is 10.2. The summed E-state index contributed by atoms with van der Waals surface area (Å²) in [6, 6.07) is 8.94. The van der Waals surface area contributed by atoms with E-state index in [1.807, 2.05) is 37.3 Å². The Morgan fingerprint density at radius 2 is 1.86 bits per heavy atom. The predicted octanol–water partition coefficient (Wildman–Crippen LogP) is 2.22. The van der Waals surface area contributed by atoms with Gasteiger partial charge in [-0.2, -0.15) is 0 Å². The lowest BCUT2D eigenvalue weighted by Gasteiger charge is -2.19. The first-order valence-electron chi connectivity index (χ1n) is 7.14. The van der Waals surface area contributed by atoms with Crippen LogP contribution in [0.15, 0.2) is 30.3 Å². The van der Waals surface area contributed by atoms with E-state index < -0.39 is 6.04 Å². The van der Waals surface area contributed by atoms with Gasteiger partial charge in [0.1, 0.15) is 6.61 Å². The second-order valence-electron chi connectivity index (χ2n) is 4.91. The number of carbonyl (C=O) groups is 2. The van der Waals surface area contributed by atoms with Crippen molar-refractivity contribution in [3.8, 4) is 0 Å². The van der Waals surface area contributed by atoms with E-state index >= 15 is 0 Å². The molecule has 21 heavy (non-hydrogen) atoms. The molecule has 0 heterocycles. The van der Waals surface area contributed by atoms with Crippen molar-refractivity contribution in [2.24, 2.45) is 0 Å². The zero-order valence-electron chi connectivity index (χ0n) is 12.8. The van der Waals surface area contributed by atoms with Crippen LogP contribution in [0.25, 0.3) is 0 Å². The Morgan fingerprint density at radius 3 is 2.43 bits per heavy atom. The number of esters is 1. The highest BCUT2D eigenvalue weighted by Gasteiger charge is 2.19. The van der Waals surface area contributed by atoms with Crippen LogP contribution in [0.4, 0.5) is 0 Å². The lowest BCUT2D eigenvalue weighted by Crippen LogP contribution is -2.33. The van der Waals surface area contributed by atoms with Gasteiger partial charge in [-0.1, -0.05) is 30.3 Å². The maximum absolute atomic E-state index is 11.8. The zero-order valence-corrected chi connectivity index (χ0v) is 12.8. The topological polar surface area (TPSA) is 64.6 Å². The molecule has 5 heteroatoms. The monoisotopic (exact) mass is 293 g/mol. The first kappa shape index (κ1) is 17.2. The van der Waals surface area contributed by atoms with Crippen LogP contribution >= 0.6 is 0 Å². The molecule has 1 rings (SSSR count). The Bertz CT molecular complexity index is 445. The molecule has 0 fully saturated rings. The van der Waals surface area contributed by atoms with E-state index in [4.69, 9.17) is 9.47 Å². The number of benzene rings is 1. The number of nitrogens with one attached hydrogen (secondary N) is 1. The van der Waals surface area contributed by atoms with E-state index in [1.165, 1.54) is 0 Å². The molecule has 1 aromatic carbocycles. The largest absolute Gasteiger partial charge is 0.463 e. The number of rotatable bonds is 8. The molecular formula is C16H23NO4. The van der Waals surface area contributed by atoms with Gasteiger partial charge in [0, 0.05) is 6.61 Å². The van der Waals surface area contributed by atoms with E-state index in [9.17, 15) is 9.59 Å². The van der Waals surface area contributed by atoms with Crippen LogP contribution in [0.2, 0.25) is 0 Å². The summed E-state index contributed by atoms with van der Waals surface area (Å²) in [6.07, 6.45) is -0.0758. The van der Waals surface area contributed by atoms with Crippen molar-refractivity contribution in [3.05, 3.63) is 35.9 Å². The minimum Gasteiger partial charge on any atom is -0.463 e. The number of ether oxygens (including phenoxy) is 2. The molecule has 0 saturated carbocycles. The third kappa shape index (κ3) is 6.90. The summed E-state index contributed by atoms with van der Waals surface area (Å²) >= 11 is 0. The first-order chi connectivity index (χ1) is 10.0. The second kappa shape index (κ2) is 9.13. The minimum absolute atomic E-state index is 0.0148. The first-order valence-corrected chi connectivity index (χ1v) is 7.14. The Labute approximate surface area is 125 Å². The molecule has 5 nitrogen and oxygen atoms in total. The summed E-state index contributed by atoms with van der Waals surface area (Å²) in [4.78, 5) is 23.6. The van der Waals surface area contributed by atoms with Crippen molar-refractivity contribution < 1.29 is 19.1 Å². The Morgan fingerprint density at radius 1 is 1.19 bits per heavy atom. The Hall–Kier alpha value is -1.88. The molecule has 1 unspecified atom stereocenters. The molecule has 0 aliphatic rings. The molecule has 0 aliphatic carbocycles. The molecule has 0 saturated heterocycles. The molecule has 1 atom stereocenters. The summed E-state index contributed by atoms with van der Waals surface area (Å²) in [6.45, 7) is 5.87. The van der Waals surface area contributed by atoms with E-state index in [-0.39, 0.29) is 31.0 Å². The molecule has 0 bridgehead atoms. The fourth-order valence-corrected chi connectivity index (χ4v) is 1.85. The molecule has 116 valence electrons. The molecule has 0 spiro atoms. The third-order valence-corrected chi connectivity index (χ3v) is 2.71. The van der Waals surface area contributed by atoms with Gasteiger partial charge in [0.05, 0.1) is 18.6 Å². The van der Waals surface area contributed by atoms with Gasteiger partial charge < -0.3 is 14.8 Å². The normalized spacial score (nSPS) is 12.0. The van der Waals surface area contributed by atoms with Gasteiger partial charge in [-0.05, 0) is 26.3 Å². The van der Waals surface area contributed by atoms with Gasteiger partial charge in [-0.25, -0.2) is 0 Å². The summed E-state index contributed by atoms with van der Waals surface area (Å²) in [5.74, 6) is -0.585. The highest BCUT2D eigenvalue weighted by Crippen LogP contribution is 2.17. The van der Waals surface area contributed by atoms with Crippen LogP contribution in [0, 0.1) is 0 Å². The Kier molecular flexibility index (Phi) is 7.46. The molecular weight excluding hydrogens is 270 g/mol. The van der Waals surface area contributed by atoms with Crippen LogP contribution in [0.1, 0.15) is 38.8 Å². The highest BCUT2D eigenvalue weighted by molar-refractivity contribution is 5.79. The van der Waals surface area contributed by atoms with Crippen molar-refractivity contribution in [1.82, 2.24) is 5.32 Å². The molecule has 0 aliphatic heterocycles. The summed E-state index contributed by atoms with van der Waals surface area (Å²) in [5.41, 5.74) is 0.864. The Balaban J connectivity index is 2.71. The van der Waals surface area contributed by atoms with Gasteiger partial charge in [-0.15, -0.1) is 0 Å². The fraction of sp³-hybridized carbons (Fsp3) is 0.500. The van der Waals surface area contributed by atoms with Gasteiger partial charge in [0.2, 0.25) is 5.91 Å². The molecule has 0 aromatic heterocycles. The van der Waals surface area contributed by atoms with Gasteiger partial charge in [0.25, 0.3) is 0 Å². The summed E-state index contributed by atoms with van der Waals surface area (Å²) in [7, 11) is 0. The summed E-state index contributed by atoms with van der Waals surface area (Å²) in [5, 5.41) is 2.81. The molecule has 1 aromatic rings. The van der Waals surface area contributed by atoms with Crippen LogP contribution in [-0.4, -0.2) is 31.2 Å². The quantitative estimate of drug-likeness (QED) is 0.746. The fourth-order valence-electron chi connectivity index (χ4n) is 1.85. The van der Waals surface area contributed by atoms with E-state index in [1.54, 1.807) is 13.8 Å². The molecule has 1 N–H and O–H groups in total. The second-order valence-corrected chi connectivity index (χ2v) is 4.91. The highest BCUT2D eigenvalue weighted by atomic mass is 16.5. The van der Waals surface area contributed by atoms with Crippen LogP contribution in [0.3, 0.4) is 0 Å². The zero-order chi connectivity index (χ0) is 15.7. The van der Waals surface area contributed by atoms with Crippen molar-refractivity contribution in [3.63, 3.8) is 0 Å². The van der Waals surface area contributed by atoms with Crippen LogP contribution in [0.5, 0.6) is 0 Å². The van der Waals surface area contributed by atoms with Crippen molar-refractivity contribution in [2.75, 3.05) is 13.2 Å². The number of amides is 1. The van der Waals surface area contributed by atoms with E-state index in [0.717, 1.165) is 5.56 Å². The average Bonchev–Trinajstić information content (AvgIpc) is 2.44. The van der Waals surface area contributed by atoms with Gasteiger partial charge >= 0.3 is 5.97 Å². The average molecular weight is 293 g/mol. The minimum atomic E-state index is -0.412. The maximum Gasteiger partial charge on any atom is 0.308 e. The third-order valence-electron chi connectivity index (χ3n) is 2.71. The van der Waals surface area contributed by atoms with Crippen LogP contribution < -0.4 is 5.32 Å². The predicted molar refractivity (Wildman–Crippen MR) is 79.7 cm³/mol. The number of hydrogen-bond donors (Lipinski definition) is 1. The van der Waals surface area contributed by atoms with Gasteiger partial charge in [-0.3, -0.25) is 9.59 Å². The van der Waals surface area contributed by atoms with Crippen molar-refractivity contribution >= 4 is 11.9 Å². The van der Waals surface area contributed by atoms with Gasteiger partial charge in [0.15, 0.2) is 0 Å². The van der Waals surface area contributed by atoms with E-state index in [0.29, 0.717) is 6.61 Å². The smallest absolute Gasteiger partial charge is 0.308 e. The standard InChI is InChI=1S/C16H23NO4/c1-4-20-11-15(18)17-14(10-16(19)21-12(2)3)13-8-6-5-7-9-13/h5-9,12,14H,4,10-11H2,1-3H3,(H,17,18). The van der Waals surface area contributed by atoms with Crippen molar-refractivity contribution in [2.45, 2.75) is 39.3 Å². The van der Waals surface area contributed by atoms with Crippen molar-refractivity contribution in [1.29, 1.82) is 0 Å². The number of hydrogen-bond acceptors (Lipinski definition) is 4. The number of carbonyl (C=O) groups excluding carboxylic acids is 2. The SMILES string of the molecule is CCOCC(=O)NC(CC(=O)OC(C)C)c1ccccc1. The molecule has 0 radical (unpaired) electrons.